The predicted molar refractivity (Wildman–Crippen MR) is 123 cm³/mol. The van der Waals surface area contributed by atoms with Gasteiger partial charge in [-0.05, 0) is 45.4 Å². The number of ether oxygens (including phenoxy) is 2. The molecule has 3 aliphatic heterocycles. The van der Waals surface area contributed by atoms with Crippen molar-refractivity contribution in [3.8, 4) is 0 Å². The topological polar surface area (TPSA) is 96.4 Å². The van der Waals surface area contributed by atoms with Crippen LogP contribution in [0.4, 0.5) is 0 Å². The van der Waals surface area contributed by atoms with Crippen LogP contribution < -0.4 is 0 Å². The SMILES string of the molecule is C=CCN(CCCC)C(=O)C1N(CCCCO)C(=O)[C@@H]2[C@@H](C(=O)OCC)[C@@]3(CC)CCC12O3. The third-order valence-corrected chi connectivity index (χ3v) is 7.71. The highest BCUT2D eigenvalue weighted by Crippen LogP contribution is 2.64. The molecule has 0 radical (unpaired) electrons. The third kappa shape index (κ3) is 4.20. The number of esters is 1. The lowest BCUT2D eigenvalue weighted by atomic mass is 9.65. The Kier molecular flexibility index (Phi) is 8.22. The maximum atomic E-state index is 14.0. The fourth-order valence-electron chi connectivity index (χ4n) is 6.19. The number of fused-ring (bicyclic) bond motifs is 1. The van der Waals surface area contributed by atoms with Crippen molar-refractivity contribution in [1.29, 1.82) is 0 Å². The molecule has 0 aromatic carbocycles. The minimum absolute atomic E-state index is 0.0230. The van der Waals surface area contributed by atoms with Crippen LogP contribution >= 0.6 is 0 Å². The molecular formula is C25H40N2O6. The smallest absolute Gasteiger partial charge is 0.312 e. The molecule has 8 heteroatoms. The number of nitrogens with zero attached hydrogens (tertiary/aromatic N) is 2. The molecule has 8 nitrogen and oxygen atoms in total. The van der Waals surface area contributed by atoms with E-state index in [9.17, 15) is 19.5 Å². The van der Waals surface area contributed by atoms with Crippen LogP contribution in [0.3, 0.4) is 0 Å². The summed E-state index contributed by atoms with van der Waals surface area (Å²) in [6, 6.07) is -0.779. The zero-order valence-corrected chi connectivity index (χ0v) is 20.4. The van der Waals surface area contributed by atoms with Crippen LogP contribution in [-0.2, 0) is 23.9 Å². The van der Waals surface area contributed by atoms with Crippen molar-refractivity contribution in [2.24, 2.45) is 11.8 Å². The summed E-state index contributed by atoms with van der Waals surface area (Å²) in [7, 11) is 0. The fraction of sp³-hybridized carbons (Fsp3) is 0.800. The third-order valence-electron chi connectivity index (χ3n) is 7.71. The lowest BCUT2D eigenvalue weighted by Gasteiger charge is -2.37. The van der Waals surface area contributed by atoms with E-state index in [0.717, 1.165) is 12.8 Å². The van der Waals surface area contributed by atoms with Gasteiger partial charge in [-0.15, -0.1) is 6.58 Å². The number of aliphatic hydroxyl groups excluding tert-OH is 1. The van der Waals surface area contributed by atoms with E-state index in [1.54, 1.807) is 22.8 Å². The minimum Gasteiger partial charge on any atom is -0.466 e. The van der Waals surface area contributed by atoms with Crippen LogP contribution in [0, 0.1) is 11.8 Å². The van der Waals surface area contributed by atoms with E-state index in [0.29, 0.717) is 51.7 Å². The van der Waals surface area contributed by atoms with Crippen molar-refractivity contribution in [3.05, 3.63) is 12.7 Å². The standard InChI is InChI=1S/C25H40N2O6/c1-5-9-15-26(14-6-2)22(30)20-25-13-12-24(7-3,33-25)19(23(31)32-8-4)18(25)21(29)27(20)16-10-11-17-28/h6,18-20,28H,2,5,7-17H2,1,3-4H3/t18-,19-,20?,24+,25?/m0/s1. The minimum atomic E-state index is -1.02. The van der Waals surface area contributed by atoms with Gasteiger partial charge in [-0.3, -0.25) is 14.4 Å². The quantitative estimate of drug-likeness (QED) is 0.255. The van der Waals surface area contributed by atoms with E-state index in [4.69, 9.17) is 9.47 Å². The molecule has 0 aromatic rings. The summed E-state index contributed by atoms with van der Waals surface area (Å²) in [5, 5.41) is 9.27. The molecule has 0 aliphatic carbocycles. The first-order valence-corrected chi connectivity index (χ1v) is 12.5. The van der Waals surface area contributed by atoms with Crippen molar-refractivity contribution >= 4 is 17.8 Å². The highest BCUT2D eigenvalue weighted by Gasteiger charge is 2.79. The predicted octanol–water partition coefficient (Wildman–Crippen LogP) is 2.29. The van der Waals surface area contributed by atoms with Gasteiger partial charge in [-0.2, -0.15) is 0 Å². The van der Waals surface area contributed by atoms with E-state index in [1.807, 2.05) is 6.92 Å². The van der Waals surface area contributed by atoms with Gasteiger partial charge < -0.3 is 24.4 Å². The van der Waals surface area contributed by atoms with Crippen molar-refractivity contribution in [1.82, 2.24) is 9.80 Å². The van der Waals surface area contributed by atoms with E-state index >= 15 is 0 Å². The van der Waals surface area contributed by atoms with Gasteiger partial charge in [-0.1, -0.05) is 26.3 Å². The molecule has 1 N–H and O–H groups in total. The molecule has 3 rings (SSSR count). The number of hydrogen-bond donors (Lipinski definition) is 1. The molecule has 5 atom stereocenters. The largest absolute Gasteiger partial charge is 0.466 e. The number of unbranched alkanes of at least 4 members (excludes halogenated alkanes) is 2. The van der Waals surface area contributed by atoms with Crippen LogP contribution in [0.25, 0.3) is 0 Å². The number of amides is 2. The molecule has 186 valence electrons. The summed E-state index contributed by atoms with van der Waals surface area (Å²) in [5.41, 5.74) is -1.79. The molecule has 3 aliphatic rings. The van der Waals surface area contributed by atoms with E-state index in [2.05, 4.69) is 13.5 Å². The van der Waals surface area contributed by atoms with Crippen molar-refractivity contribution in [3.63, 3.8) is 0 Å². The van der Waals surface area contributed by atoms with Crippen LogP contribution in [0.15, 0.2) is 12.7 Å². The highest BCUT2D eigenvalue weighted by atomic mass is 16.6. The fourth-order valence-corrected chi connectivity index (χ4v) is 6.19. The van der Waals surface area contributed by atoms with Crippen molar-refractivity contribution < 1.29 is 29.0 Å². The summed E-state index contributed by atoms with van der Waals surface area (Å²) in [6.45, 7) is 11.2. The Bertz CT molecular complexity index is 757. The Balaban J connectivity index is 2.04. The Hall–Kier alpha value is -1.93. The van der Waals surface area contributed by atoms with Gasteiger partial charge in [0.05, 0.1) is 18.1 Å². The molecule has 2 unspecified atom stereocenters. The van der Waals surface area contributed by atoms with Crippen LogP contribution in [0.2, 0.25) is 0 Å². The van der Waals surface area contributed by atoms with Crippen molar-refractivity contribution in [2.75, 3.05) is 32.8 Å². The molecule has 0 saturated carbocycles. The Morgan fingerprint density at radius 1 is 1.27 bits per heavy atom. The van der Waals surface area contributed by atoms with Gasteiger partial charge in [0.2, 0.25) is 11.8 Å². The second-order valence-electron chi connectivity index (χ2n) is 9.47. The molecule has 2 bridgehead atoms. The van der Waals surface area contributed by atoms with Gasteiger partial charge in [0.1, 0.15) is 17.6 Å². The number of aliphatic hydroxyl groups is 1. The molecule has 1 spiro atoms. The van der Waals surface area contributed by atoms with E-state index in [1.165, 1.54) is 0 Å². The maximum absolute atomic E-state index is 14.0. The van der Waals surface area contributed by atoms with Crippen molar-refractivity contribution in [2.45, 2.75) is 83.0 Å². The summed E-state index contributed by atoms with van der Waals surface area (Å²) < 4.78 is 12.1. The molecule has 3 saturated heterocycles. The average Bonchev–Trinajstić information content (AvgIpc) is 3.40. The molecule has 0 aromatic heterocycles. The lowest BCUT2D eigenvalue weighted by Crippen LogP contribution is -2.56. The summed E-state index contributed by atoms with van der Waals surface area (Å²) in [6.07, 6.45) is 6.39. The van der Waals surface area contributed by atoms with Crippen LogP contribution in [-0.4, -0.2) is 82.8 Å². The lowest BCUT2D eigenvalue weighted by molar-refractivity contribution is -0.161. The Morgan fingerprint density at radius 2 is 2.03 bits per heavy atom. The maximum Gasteiger partial charge on any atom is 0.312 e. The summed E-state index contributed by atoms with van der Waals surface area (Å²) >= 11 is 0. The summed E-state index contributed by atoms with van der Waals surface area (Å²) in [5.74, 6) is -2.17. The van der Waals surface area contributed by atoms with Gasteiger partial charge in [0, 0.05) is 26.2 Å². The first kappa shape index (κ1) is 25.7. The number of likely N-dealkylation sites (tertiary alicyclic amines) is 1. The van der Waals surface area contributed by atoms with Gasteiger partial charge >= 0.3 is 5.97 Å². The number of carbonyl (C=O) groups excluding carboxylic acids is 3. The van der Waals surface area contributed by atoms with E-state index < -0.39 is 35.0 Å². The Labute approximate surface area is 197 Å². The molecular weight excluding hydrogens is 424 g/mol. The normalized spacial score (nSPS) is 32.2. The number of hydrogen-bond acceptors (Lipinski definition) is 6. The number of rotatable bonds is 13. The second kappa shape index (κ2) is 10.6. The summed E-state index contributed by atoms with van der Waals surface area (Å²) in [4.78, 5) is 44.3. The van der Waals surface area contributed by atoms with Crippen LogP contribution in [0.5, 0.6) is 0 Å². The molecule has 3 heterocycles. The van der Waals surface area contributed by atoms with Gasteiger partial charge in [0.25, 0.3) is 0 Å². The average molecular weight is 465 g/mol. The highest BCUT2D eigenvalue weighted by molar-refractivity contribution is 5.98. The second-order valence-corrected chi connectivity index (χ2v) is 9.47. The van der Waals surface area contributed by atoms with Gasteiger partial charge in [-0.25, -0.2) is 0 Å². The van der Waals surface area contributed by atoms with Gasteiger partial charge in [0.15, 0.2) is 0 Å². The first-order chi connectivity index (χ1) is 15.9. The molecule has 2 amide bonds. The molecule has 33 heavy (non-hydrogen) atoms. The zero-order chi connectivity index (χ0) is 24.2. The molecule has 3 fully saturated rings. The van der Waals surface area contributed by atoms with E-state index in [-0.39, 0.29) is 25.0 Å². The first-order valence-electron chi connectivity index (χ1n) is 12.5. The monoisotopic (exact) mass is 464 g/mol. The zero-order valence-electron chi connectivity index (χ0n) is 20.4. The number of carbonyl (C=O) groups is 3. The Morgan fingerprint density at radius 3 is 2.64 bits per heavy atom. The van der Waals surface area contributed by atoms with Crippen LogP contribution in [0.1, 0.15) is 65.7 Å².